The number of nitrogens with two attached hydrogens (primary N) is 1. The first-order chi connectivity index (χ1) is 10.2. The van der Waals surface area contributed by atoms with Gasteiger partial charge in [0, 0.05) is 4.90 Å². The number of aromatic nitrogens is 4. The number of nitrogens with one attached hydrogen (secondary N) is 1. The molecule has 104 valence electrons. The van der Waals surface area contributed by atoms with Crippen molar-refractivity contribution in [1.29, 1.82) is 0 Å². The molecule has 0 bridgehead atoms. The van der Waals surface area contributed by atoms with Crippen LogP contribution in [0.2, 0.25) is 0 Å². The Hall–Kier alpha value is -2.79. The van der Waals surface area contributed by atoms with Crippen molar-refractivity contribution in [1.82, 2.24) is 19.9 Å². The molecular weight excluding hydrogens is 288 g/mol. The summed E-state index contributed by atoms with van der Waals surface area (Å²) in [4.78, 5) is 19.6. The second-order valence-corrected chi connectivity index (χ2v) is 5.08. The predicted molar refractivity (Wildman–Crippen MR) is 79.5 cm³/mol. The third kappa shape index (κ3) is 2.46. The lowest BCUT2D eigenvalue weighted by atomic mass is 10.3. The van der Waals surface area contributed by atoms with Crippen LogP contribution < -0.4 is 10.5 Å². The summed E-state index contributed by atoms with van der Waals surface area (Å²) < 4.78 is 5.30. The highest BCUT2D eigenvalue weighted by Crippen LogP contribution is 2.36. The van der Waals surface area contributed by atoms with Gasteiger partial charge in [-0.1, -0.05) is 6.07 Å². The van der Waals surface area contributed by atoms with Gasteiger partial charge in [0.2, 0.25) is 0 Å². The molecular formula is C13H10N6OS. The average molecular weight is 298 g/mol. The Morgan fingerprint density at radius 2 is 2.24 bits per heavy atom. The minimum atomic E-state index is 0.348. The number of aromatic amines is 1. The molecule has 1 aromatic carbocycles. The zero-order valence-electron chi connectivity index (χ0n) is 11.0. The average Bonchev–Trinajstić information content (AvgIpc) is 2.91. The number of ether oxygens (including phenoxy) is 1. The van der Waals surface area contributed by atoms with Crippen LogP contribution in [0.15, 0.2) is 34.6 Å². The molecule has 8 heteroatoms. The van der Waals surface area contributed by atoms with Crippen LogP contribution in [0.25, 0.3) is 16.0 Å². The summed E-state index contributed by atoms with van der Waals surface area (Å²) in [5.41, 5.74) is 7.41. The van der Waals surface area contributed by atoms with E-state index in [0.29, 0.717) is 33.6 Å². The molecule has 0 radical (unpaired) electrons. The second kappa shape index (κ2) is 5.30. The van der Waals surface area contributed by atoms with E-state index in [4.69, 9.17) is 17.0 Å². The molecule has 0 amide bonds. The van der Waals surface area contributed by atoms with E-state index in [-0.39, 0.29) is 0 Å². The third-order valence-electron chi connectivity index (χ3n) is 2.78. The molecule has 3 N–H and O–H groups in total. The molecule has 21 heavy (non-hydrogen) atoms. The van der Waals surface area contributed by atoms with Gasteiger partial charge in [0.15, 0.2) is 22.3 Å². The molecule has 3 rings (SSSR count). The molecule has 0 aliphatic rings. The van der Waals surface area contributed by atoms with Crippen LogP contribution in [0.5, 0.6) is 5.75 Å². The van der Waals surface area contributed by atoms with Gasteiger partial charge in [0.05, 0.1) is 13.7 Å². The van der Waals surface area contributed by atoms with Crippen LogP contribution in [0, 0.1) is 6.57 Å². The van der Waals surface area contributed by atoms with Crippen molar-refractivity contribution in [2.24, 2.45) is 0 Å². The first-order valence-electron chi connectivity index (χ1n) is 5.91. The summed E-state index contributed by atoms with van der Waals surface area (Å²) in [5, 5.41) is 0.609. The van der Waals surface area contributed by atoms with Gasteiger partial charge in [-0.05, 0) is 23.9 Å². The molecule has 0 spiro atoms. The molecule has 2 aromatic heterocycles. The number of hydrogen-bond donors (Lipinski definition) is 2. The zero-order valence-corrected chi connectivity index (χ0v) is 11.8. The van der Waals surface area contributed by atoms with Gasteiger partial charge in [-0.25, -0.2) is 19.8 Å². The maximum absolute atomic E-state index is 7.08. The number of rotatable bonds is 3. The largest absolute Gasteiger partial charge is 0.496 e. The quantitative estimate of drug-likeness (QED) is 0.722. The number of benzene rings is 1. The number of fused-ring (bicyclic) bond motifs is 1. The summed E-state index contributed by atoms with van der Waals surface area (Å²) in [6.45, 7) is 7.08. The van der Waals surface area contributed by atoms with E-state index in [0.717, 1.165) is 4.90 Å². The molecule has 0 saturated heterocycles. The van der Waals surface area contributed by atoms with Gasteiger partial charge >= 0.3 is 0 Å². The minimum absolute atomic E-state index is 0.348. The first kappa shape index (κ1) is 13.2. The first-order valence-corrected chi connectivity index (χ1v) is 6.72. The van der Waals surface area contributed by atoms with E-state index in [1.54, 1.807) is 25.3 Å². The van der Waals surface area contributed by atoms with Gasteiger partial charge in [-0.3, -0.25) is 0 Å². The Bertz CT molecular complexity index is 853. The van der Waals surface area contributed by atoms with E-state index >= 15 is 0 Å². The summed E-state index contributed by atoms with van der Waals surface area (Å²) in [7, 11) is 1.58. The lowest BCUT2D eigenvalue weighted by Gasteiger charge is -2.06. The summed E-state index contributed by atoms with van der Waals surface area (Å²) in [6, 6.07) is 5.21. The summed E-state index contributed by atoms with van der Waals surface area (Å²) >= 11 is 1.34. The molecule has 0 aliphatic carbocycles. The summed E-state index contributed by atoms with van der Waals surface area (Å²) in [6.07, 6.45) is 1.37. The molecule has 2 heterocycles. The number of imidazole rings is 1. The van der Waals surface area contributed by atoms with Crippen molar-refractivity contribution in [2.45, 2.75) is 10.1 Å². The number of nitrogens with zero attached hydrogens (tertiary/aromatic N) is 4. The number of H-pyrrole nitrogens is 1. The van der Waals surface area contributed by atoms with Crippen molar-refractivity contribution in [3.63, 3.8) is 0 Å². The van der Waals surface area contributed by atoms with Gasteiger partial charge in [0.1, 0.15) is 17.6 Å². The Labute approximate surface area is 124 Å². The fourth-order valence-electron chi connectivity index (χ4n) is 1.79. The molecule has 7 nitrogen and oxygen atoms in total. The predicted octanol–water partition coefficient (Wildman–Crippen LogP) is 2.65. The maximum Gasteiger partial charge on any atom is 0.188 e. The van der Waals surface area contributed by atoms with Crippen molar-refractivity contribution < 1.29 is 4.74 Å². The normalized spacial score (nSPS) is 10.5. The van der Waals surface area contributed by atoms with E-state index in [1.165, 1.54) is 18.1 Å². The Morgan fingerprint density at radius 1 is 1.38 bits per heavy atom. The molecule has 3 aromatic rings. The fourth-order valence-corrected chi connectivity index (χ4v) is 2.72. The maximum atomic E-state index is 7.08. The van der Waals surface area contributed by atoms with Gasteiger partial charge < -0.3 is 15.5 Å². The Balaban J connectivity index is 2.02. The molecule has 0 aliphatic heterocycles. The second-order valence-electron chi connectivity index (χ2n) is 4.05. The van der Waals surface area contributed by atoms with Gasteiger partial charge in [-0.15, -0.1) is 0 Å². The van der Waals surface area contributed by atoms with E-state index in [2.05, 4.69) is 24.8 Å². The summed E-state index contributed by atoms with van der Waals surface area (Å²) in [5.74, 6) is 1.02. The van der Waals surface area contributed by atoms with Crippen LogP contribution in [-0.2, 0) is 0 Å². The van der Waals surface area contributed by atoms with E-state index < -0.39 is 0 Å². The molecule has 0 saturated carbocycles. The van der Waals surface area contributed by atoms with Crippen molar-refractivity contribution >= 4 is 34.4 Å². The van der Waals surface area contributed by atoms with Crippen LogP contribution in [-0.4, -0.2) is 27.0 Å². The lowest BCUT2D eigenvalue weighted by Crippen LogP contribution is -1.91. The molecule has 0 atom stereocenters. The van der Waals surface area contributed by atoms with Crippen LogP contribution >= 0.6 is 11.8 Å². The number of methoxy groups -OCH3 is 1. The molecule has 0 unspecified atom stereocenters. The minimum Gasteiger partial charge on any atom is -0.496 e. The monoisotopic (exact) mass is 298 g/mol. The highest BCUT2D eigenvalue weighted by Gasteiger charge is 2.12. The van der Waals surface area contributed by atoms with Crippen molar-refractivity contribution in [2.75, 3.05) is 12.8 Å². The number of anilines is 1. The van der Waals surface area contributed by atoms with Crippen LogP contribution in [0.1, 0.15) is 0 Å². The van der Waals surface area contributed by atoms with Crippen LogP contribution in [0.4, 0.5) is 11.5 Å². The van der Waals surface area contributed by atoms with Gasteiger partial charge in [-0.2, -0.15) is 0 Å². The van der Waals surface area contributed by atoms with Crippen molar-refractivity contribution in [3.05, 3.63) is 35.9 Å². The Morgan fingerprint density at radius 3 is 2.95 bits per heavy atom. The van der Waals surface area contributed by atoms with Crippen molar-refractivity contribution in [3.8, 4) is 5.75 Å². The lowest BCUT2D eigenvalue weighted by molar-refractivity contribution is 0.405. The van der Waals surface area contributed by atoms with E-state index in [1.807, 2.05) is 0 Å². The molecule has 0 fully saturated rings. The third-order valence-corrected chi connectivity index (χ3v) is 3.70. The SMILES string of the molecule is [C-]#[N+]c1ccc(OC)c(Sc2nc3ncnc(N)c3[nH]2)c1. The van der Waals surface area contributed by atoms with Gasteiger partial charge in [0.25, 0.3) is 0 Å². The standard InChI is InChI=1S/C13H10N6OS/c1-15-7-3-4-8(20-2)9(5-7)21-13-18-10-11(14)16-6-17-12(10)19-13/h3-6H,2H3,(H3,14,16,17,18,19). The zero-order chi connectivity index (χ0) is 14.8. The highest BCUT2D eigenvalue weighted by atomic mass is 32.2. The highest BCUT2D eigenvalue weighted by molar-refractivity contribution is 7.99. The topological polar surface area (TPSA) is 94.1 Å². The van der Waals surface area contributed by atoms with E-state index in [9.17, 15) is 0 Å². The number of hydrogen-bond acceptors (Lipinski definition) is 6. The fraction of sp³-hybridized carbons (Fsp3) is 0.0769. The Kier molecular flexibility index (Phi) is 3.33. The number of nitrogen functional groups attached to an aromatic ring is 1. The van der Waals surface area contributed by atoms with Crippen LogP contribution in [0.3, 0.4) is 0 Å². The smallest absolute Gasteiger partial charge is 0.188 e.